The molecule has 7 heteroatoms. The monoisotopic (exact) mass is 1130 g/mol. The maximum Gasteiger partial charge on any atom is 0.216 e. The predicted molar refractivity (Wildman–Crippen MR) is 284 cm³/mol. The van der Waals surface area contributed by atoms with E-state index in [0.717, 1.165) is 90.1 Å². The van der Waals surface area contributed by atoms with Gasteiger partial charge in [0.2, 0.25) is 5.71 Å². The number of hydrogen-bond donors (Lipinski definition) is 0. The molecule has 0 amide bonds. The molecule has 0 spiro atoms. The van der Waals surface area contributed by atoms with E-state index in [9.17, 15) is 0 Å². The molecule has 10 rings (SSSR count). The summed E-state index contributed by atoms with van der Waals surface area (Å²) in [6.45, 7) is 15.7. The van der Waals surface area contributed by atoms with E-state index in [-0.39, 0.29) is 25.5 Å². The van der Waals surface area contributed by atoms with E-state index in [0.29, 0.717) is 17.5 Å². The smallest absolute Gasteiger partial charge is 0.216 e. The maximum atomic E-state index is 6.61. The Morgan fingerprint density at radius 3 is 1.93 bits per heavy atom. The summed E-state index contributed by atoms with van der Waals surface area (Å²) in [4.78, 5) is 14.9. The van der Waals surface area contributed by atoms with E-state index in [1.165, 1.54) is 11.1 Å². The van der Waals surface area contributed by atoms with Gasteiger partial charge in [-0.3, -0.25) is 4.98 Å². The first-order valence-electron chi connectivity index (χ1n) is 23.6. The molecule has 4 heterocycles. The first-order valence-corrected chi connectivity index (χ1v) is 31.0. The third kappa shape index (κ3) is 9.96. The normalized spacial score (nSPS) is 11.9. The number of pyridine rings is 2. The van der Waals surface area contributed by atoms with Gasteiger partial charge in [-0.15, -0.1) is 18.2 Å². The zero-order valence-corrected chi connectivity index (χ0v) is 45.4. The fourth-order valence-electron chi connectivity index (χ4n) is 9.01. The van der Waals surface area contributed by atoms with E-state index >= 15 is 0 Å². The molecule has 0 fully saturated rings. The van der Waals surface area contributed by atoms with Gasteiger partial charge in [-0.1, -0.05) is 118 Å². The molecule has 4 aromatic heterocycles. The van der Waals surface area contributed by atoms with Crippen molar-refractivity contribution in [3.63, 3.8) is 0 Å². The molecule has 0 atom stereocenters. The van der Waals surface area contributed by atoms with Crippen molar-refractivity contribution >= 4 is 50.8 Å². The average molecular weight is 1130 g/mol. The Hall–Kier alpha value is -5.92. The summed E-state index contributed by atoms with van der Waals surface area (Å²) in [6, 6.07) is 59.9. The minimum Gasteiger partial charge on any atom is -0.486 e. The molecule has 10 aromatic rings. The summed E-state index contributed by atoms with van der Waals surface area (Å²) < 4.78 is 10.5. The molecule has 0 aliphatic carbocycles. The Labute approximate surface area is 418 Å². The molecule has 0 saturated heterocycles. The Morgan fingerprint density at radius 2 is 1.32 bits per heavy atom. The van der Waals surface area contributed by atoms with E-state index in [2.05, 4.69) is 210 Å². The van der Waals surface area contributed by atoms with Crippen LogP contribution < -0.4 is 4.40 Å². The van der Waals surface area contributed by atoms with Gasteiger partial charge < -0.3 is 8.98 Å². The fourth-order valence-corrected chi connectivity index (χ4v) is 12.3. The van der Waals surface area contributed by atoms with Gasteiger partial charge in [-0.2, -0.15) is 0 Å². The zero-order valence-electron chi connectivity index (χ0n) is 40.9. The van der Waals surface area contributed by atoms with Crippen molar-refractivity contribution in [2.75, 3.05) is 0 Å². The fraction of sp³-hybridized carbons (Fsp3) is 0.230. The second-order valence-electron chi connectivity index (χ2n) is 20.5. The van der Waals surface area contributed by atoms with Gasteiger partial charge in [-0.25, -0.2) is 4.98 Å². The van der Waals surface area contributed by atoms with Crippen LogP contribution in [0.15, 0.2) is 162 Å². The number of fused-ring (bicyclic) bond motifs is 4. The van der Waals surface area contributed by atoms with Crippen LogP contribution in [0.2, 0.25) is 17.3 Å². The van der Waals surface area contributed by atoms with Gasteiger partial charge in [0.05, 0.1) is 28.1 Å². The second-order valence-corrected chi connectivity index (χ2v) is 31.0. The van der Waals surface area contributed by atoms with Crippen molar-refractivity contribution < 1.29 is 24.5 Å². The molecule has 0 aliphatic rings. The molecule has 5 nitrogen and oxygen atoms in total. The zero-order chi connectivity index (χ0) is 47.0. The largest absolute Gasteiger partial charge is 0.486 e. The third-order valence-corrected chi connectivity index (χ3v) is 16.8. The minimum atomic E-state index is -1.86. The van der Waals surface area contributed by atoms with Crippen LogP contribution in [-0.2, 0) is 31.9 Å². The van der Waals surface area contributed by atoms with Crippen LogP contribution in [0, 0.1) is 18.1 Å². The van der Waals surface area contributed by atoms with Gasteiger partial charge in [0.15, 0.2) is 0 Å². The van der Waals surface area contributed by atoms with Gasteiger partial charge >= 0.3 is 126 Å². The summed E-state index contributed by atoms with van der Waals surface area (Å²) in [5, 5.41) is 2.00. The first kappa shape index (κ1) is 48.5. The predicted octanol–water partition coefficient (Wildman–Crippen LogP) is 15.8. The number of imidazole rings is 1. The molecule has 0 unspecified atom stereocenters. The van der Waals surface area contributed by atoms with Crippen molar-refractivity contribution in [3.8, 4) is 50.6 Å². The standard InChI is InChI=1S/C43H36N3O.C18H24GeN.Ir/c1-27(2)36-24-23-32-31-19-14-20-33(40(31)47-42(32)45-36)41-44-37-21-12-13-22-38(37)46(41)39-34(28-15-8-6-9-16-28)25-30(43(3,4)5)26-35(39)29-17-10-7-11-18-29;1-14(2)11-16-12-18(15-9-7-6-8-10-15)20-13-17(16)19(3,4)5;/h6-19,21-27H,1-5H3;6-9,12-14H,11H2,1-5H3;/q2*-1;. The Bertz CT molecular complexity index is 3280. The molecule has 6 aromatic carbocycles. The van der Waals surface area contributed by atoms with E-state index in [4.69, 9.17) is 19.4 Å². The van der Waals surface area contributed by atoms with E-state index in [1.807, 2.05) is 30.3 Å². The van der Waals surface area contributed by atoms with Gasteiger partial charge in [0, 0.05) is 42.3 Å². The third-order valence-electron chi connectivity index (χ3n) is 12.5. The Kier molecular flexibility index (Phi) is 14.3. The van der Waals surface area contributed by atoms with Crippen LogP contribution in [0.3, 0.4) is 0 Å². The topological polar surface area (TPSA) is 56.7 Å². The molecule has 1 radical (unpaired) electrons. The number of nitrogens with zero attached hydrogens (tertiary/aromatic N) is 4. The van der Waals surface area contributed by atoms with Gasteiger partial charge in [-0.05, 0) is 64.4 Å². The average Bonchev–Trinajstić information content (AvgIpc) is 3.90. The number of rotatable bonds is 9. The van der Waals surface area contributed by atoms with Gasteiger partial charge in [0.25, 0.3) is 0 Å². The maximum absolute atomic E-state index is 6.61. The van der Waals surface area contributed by atoms with Crippen LogP contribution in [0.5, 0.6) is 0 Å². The molecule has 345 valence electrons. The van der Waals surface area contributed by atoms with Crippen LogP contribution >= 0.6 is 0 Å². The van der Waals surface area contributed by atoms with Crippen molar-refractivity contribution in [1.82, 2.24) is 19.5 Å². The van der Waals surface area contributed by atoms with Crippen LogP contribution in [0.4, 0.5) is 0 Å². The van der Waals surface area contributed by atoms with Crippen molar-refractivity contribution in [1.29, 1.82) is 0 Å². The summed E-state index contributed by atoms with van der Waals surface area (Å²) in [7, 11) is 0. The Balaban J connectivity index is 0.000000251. The summed E-state index contributed by atoms with van der Waals surface area (Å²) in [5.41, 5.74) is 15.6. The summed E-state index contributed by atoms with van der Waals surface area (Å²) in [5.74, 6) is 9.07. The molecular formula is C61H60GeIrN4O-2. The quantitative estimate of drug-likeness (QED) is 0.107. The van der Waals surface area contributed by atoms with E-state index in [1.54, 1.807) is 4.40 Å². The van der Waals surface area contributed by atoms with Gasteiger partial charge in [0.1, 0.15) is 0 Å². The molecule has 0 bridgehead atoms. The van der Waals surface area contributed by atoms with Crippen molar-refractivity contribution in [2.45, 2.75) is 83.5 Å². The number of aromatic nitrogens is 4. The van der Waals surface area contributed by atoms with Crippen LogP contribution in [-0.4, -0.2) is 32.8 Å². The number of hydrogen-bond acceptors (Lipinski definition) is 4. The van der Waals surface area contributed by atoms with Crippen LogP contribution in [0.1, 0.15) is 71.2 Å². The molecular weight excluding hydrogens is 1070 g/mol. The Morgan fingerprint density at radius 1 is 0.676 bits per heavy atom. The molecule has 0 aliphatic heterocycles. The molecule has 0 saturated carbocycles. The number of furan rings is 1. The first-order chi connectivity index (χ1) is 32.2. The summed E-state index contributed by atoms with van der Waals surface area (Å²) in [6.07, 6.45) is 3.27. The number of benzene rings is 6. The van der Waals surface area contributed by atoms with Crippen molar-refractivity contribution in [3.05, 3.63) is 187 Å². The SMILES string of the molecule is CC(C)Cc1cc(-c2[c-]cccc2)nc[c]1[Ge]([CH3])([CH3])[CH3].CC(C)c1ccc2c(n1)oc1c(-c3nc4ccccc4n3-c3c(-c4ccccc4)cc(C(C)(C)C)cc3-c3ccccc3)[c-]ccc12.[Ir]. The number of para-hydroxylation sites is 2. The van der Waals surface area contributed by atoms with E-state index < -0.39 is 13.3 Å². The molecule has 0 N–H and O–H groups in total. The van der Waals surface area contributed by atoms with Crippen LogP contribution in [0.25, 0.3) is 83.7 Å². The summed E-state index contributed by atoms with van der Waals surface area (Å²) >= 11 is -1.86. The van der Waals surface area contributed by atoms with Crippen molar-refractivity contribution in [2.24, 2.45) is 5.92 Å². The second kappa shape index (κ2) is 20.0. The molecule has 68 heavy (non-hydrogen) atoms. The minimum absolute atomic E-state index is 0.